The van der Waals surface area contributed by atoms with E-state index in [0.29, 0.717) is 6.04 Å². The smallest absolute Gasteiger partial charge is 0.191 e. The van der Waals surface area contributed by atoms with Gasteiger partial charge >= 0.3 is 0 Å². The lowest BCUT2D eigenvalue weighted by Crippen LogP contribution is -2.48. The monoisotopic (exact) mass is 521 g/mol. The first-order chi connectivity index (χ1) is 14.3. The fourth-order valence-corrected chi connectivity index (χ4v) is 4.06. The van der Waals surface area contributed by atoms with Crippen molar-refractivity contribution >= 4 is 29.9 Å². The van der Waals surface area contributed by atoms with E-state index in [1.807, 2.05) is 19.3 Å². The minimum absolute atomic E-state index is 0. The molecule has 0 unspecified atom stereocenters. The van der Waals surface area contributed by atoms with Crippen molar-refractivity contribution in [1.29, 1.82) is 0 Å². The molecule has 3 heterocycles. The average molecular weight is 521 g/mol. The highest BCUT2D eigenvalue weighted by Crippen LogP contribution is 2.25. The van der Waals surface area contributed by atoms with Gasteiger partial charge in [-0.05, 0) is 48.6 Å². The van der Waals surface area contributed by atoms with Crippen LogP contribution >= 0.6 is 24.0 Å². The van der Waals surface area contributed by atoms with Crippen LogP contribution in [-0.2, 0) is 19.4 Å². The van der Waals surface area contributed by atoms with Gasteiger partial charge in [0, 0.05) is 51.9 Å². The van der Waals surface area contributed by atoms with Crippen molar-refractivity contribution in [1.82, 2.24) is 20.5 Å². The SMILES string of the molecule is CN=C(NCCc1ccc2c(c1)CCO2)NC1CCN(Cc2ccccn2)CC1.I. The predicted octanol–water partition coefficient (Wildman–Crippen LogP) is 3.01. The zero-order valence-corrected chi connectivity index (χ0v) is 20.0. The first kappa shape index (κ1) is 22.8. The van der Waals surface area contributed by atoms with E-state index in [9.17, 15) is 0 Å². The van der Waals surface area contributed by atoms with Crippen molar-refractivity contribution < 1.29 is 4.74 Å². The summed E-state index contributed by atoms with van der Waals surface area (Å²) in [6.07, 6.45) is 6.13. The summed E-state index contributed by atoms with van der Waals surface area (Å²) in [5.41, 5.74) is 3.83. The van der Waals surface area contributed by atoms with E-state index in [1.165, 1.54) is 11.1 Å². The van der Waals surface area contributed by atoms with Crippen LogP contribution < -0.4 is 15.4 Å². The molecule has 1 saturated heterocycles. The van der Waals surface area contributed by atoms with Crippen LogP contribution in [0.3, 0.4) is 0 Å². The second-order valence-electron chi connectivity index (χ2n) is 7.81. The third-order valence-electron chi connectivity index (χ3n) is 5.72. The van der Waals surface area contributed by atoms with Gasteiger partial charge in [0.25, 0.3) is 0 Å². The molecule has 6 nitrogen and oxygen atoms in total. The van der Waals surface area contributed by atoms with Gasteiger partial charge in [-0.25, -0.2) is 0 Å². The van der Waals surface area contributed by atoms with Gasteiger partial charge in [-0.1, -0.05) is 18.2 Å². The lowest BCUT2D eigenvalue weighted by molar-refractivity contribution is 0.196. The molecule has 162 valence electrons. The normalized spacial score (nSPS) is 17.0. The maximum absolute atomic E-state index is 5.59. The number of halogens is 1. The van der Waals surface area contributed by atoms with Crippen LogP contribution in [0.1, 0.15) is 29.7 Å². The van der Waals surface area contributed by atoms with Crippen molar-refractivity contribution in [3.05, 3.63) is 59.4 Å². The minimum Gasteiger partial charge on any atom is -0.493 e. The van der Waals surface area contributed by atoms with Gasteiger partial charge in [-0.15, -0.1) is 24.0 Å². The first-order valence-corrected chi connectivity index (χ1v) is 10.6. The van der Waals surface area contributed by atoms with Crippen molar-refractivity contribution in [3.63, 3.8) is 0 Å². The van der Waals surface area contributed by atoms with Gasteiger partial charge in [0.15, 0.2) is 5.96 Å². The molecular formula is C23H32IN5O. The Morgan fingerprint density at radius 3 is 2.87 bits per heavy atom. The van der Waals surface area contributed by atoms with Crippen molar-refractivity contribution in [2.75, 3.05) is 33.3 Å². The fraction of sp³-hybridized carbons (Fsp3) is 0.478. The molecule has 0 saturated carbocycles. The molecule has 4 rings (SSSR count). The Morgan fingerprint density at radius 2 is 2.10 bits per heavy atom. The maximum atomic E-state index is 5.59. The number of hydrogen-bond donors (Lipinski definition) is 2. The molecule has 1 aromatic heterocycles. The summed E-state index contributed by atoms with van der Waals surface area (Å²) in [6, 6.07) is 13.1. The molecule has 1 aromatic carbocycles. The highest BCUT2D eigenvalue weighted by atomic mass is 127. The van der Waals surface area contributed by atoms with E-state index in [1.54, 1.807) is 0 Å². The van der Waals surface area contributed by atoms with E-state index < -0.39 is 0 Å². The van der Waals surface area contributed by atoms with E-state index in [4.69, 9.17) is 4.74 Å². The summed E-state index contributed by atoms with van der Waals surface area (Å²) in [7, 11) is 1.85. The summed E-state index contributed by atoms with van der Waals surface area (Å²) >= 11 is 0. The van der Waals surface area contributed by atoms with Crippen LogP contribution in [-0.4, -0.2) is 55.2 Å². The van der Waals surface area contributed by atoms with Crippen LogP contribution in [0.25, 0.3) is 0 Å². The molecule has 0 spiro atoms. The summed E-state index contributed by atoms with van der Waals surface area (Å²) in [6.45, 7) is 4.79. The van der Waals surface area contributed by atoms with E-state index in [-0.39, 0.29) is 24.0 Å². The van der Waals surface area contributed by atoms with Crippen molar-refractivity contribution in [2.45, 2.75) is 38.3 Å². The van der Waals surface area contributed by atoms with Gasteiger partial charge in [0.05, 0.1) is 12.3 Å². The minimum atomic E-state index is 0. The van der Waals surface area contributed by atoms with Crippen LogP contribution in [0.15, 0.2) is 47.6 Å². The number of ether oxygens (including phenoxy) is 1. The summed E-state index contributed by atoms with van der Waals surface area (Å²) < 4.78 is 5.59. The lowest BCUT2D eigenvalue weighted by Gasteiger charge is -2.32. The largest absolute Gasteiger partial charge is 0.493 e. The van der Waals surface area contributed by atoms with E-state index in [2.05, 4.69) is 55.8 Å². The summed E-state index contributed by atoms with van der Waals surface area (Å²) in [5, 5.41) is 7.06. The van der Waals surface area contributed by atoms with Crippen LogP contribution in [0, 0.1) is 0 Å². The molecular weight excluding hydrogens is 489 g/mol. The number of likely N-dealkylation sites (tertiary alicyclic amines) is 1. The molecule has 1 fully saturated rings. The van der Waals surface area contributed by atoms with Crippen LogP contribution in [0.5, 0.6) is 5.75 Å². The number of nitrogens with one attached hydrogen (secondary N) is 2. The molecule has 2 aromatic rings. The van der Waals surface area contributed by atoms with Gasteiger partial charge in [0.2, 0.25) is 0 Å². The highest BCUT2D eigenvalue weighted by molar-refractivity contribution is 14.0. The molecule has 30 heavy (non-hydrogen) atoms. The standard InChI is InChI=1S/C23H31N5O.HI/c1-24-23(26-12-7-18-5-6-22-19(16-18)10-15-29-22)27-20-8-13-28(14-9-20)17-21-4-2-3-11-25-21;/h2-6,11,16,20H,7-10,12-15,17H2,1H3,(H2,24,26,27);1H. The molecule has 0 aliphatic carbocycles. The van der Waals surface area contributed by atoms with E-state index in [0.717, 1.165) is 75.9 Å². The summed E-state index contributed by atoms with van der Waals surface area (Å²) in [5.74, 6) is 1.95. The number of aromatic nitrogens is 1. The van der Waals surface area contributed by atoms with Crippen molar-refractivity contribution in [3.8, 4) is 5.75 Å². The topological polar surface area (TPSA) is 61.8 Å². The van der Waals surface area contributed by atoms with Crippen LogP contribution in [0.2, 0.25) is 0 Å². The Morgan fingerprint density at radius 1 is 1.23 bits per heavy atom. The second-order valence-corrected chi connectivity index (χ2v) is 7.81. The van der Waals surface area contributed by atoms with Gasteiger partial charge in [-0.2, -0.15) is 0 Å². The highest BCUT2D eigenvalue weighted by Gasteiger charge is 2.20. The number of piperidine rings is 1. The third-order valence-corrected chi connectivity index (χ3v) is 5.72. The molecule has 2 aliphatic heterocycles. The number of guanidine groups is 1. The lowest BCUT2D eigenvalue weighted by atomic mass is 10.0. The van der Waals surface area contributed by atoms with Gasteiger partial charge in [-0.3, -0.25) is 14.9 Å². The fourth-order valence-electron chi connectivity index (χ4n) is 4.06. The number of pyridine rings is 1. The molecule has 0 amide bonds. The molecule has 0 radical (unpaired) electrons. The molecule has 0 bridgehead atoms. The number of benzene rings is 1. The van der Waals surface area contributed by atoms with Gasteiger partial charge in [0.1, 0.15) is 5.75 Å². The number of aliphatic imine (C=N–C) groups is 1. The van der Waals surface area contributed by atoms with Crippen molar-refractivity contribution in [2.24, 2.45) is 4.99 Å². The Bertz CT molecular complexity index is 822. The first-order valence-electron chi connectivity index (χ1n) is 10.6. The zero-order chi connectivity index (χ0) is 19.9. The molecule has 0 atom stereocenters. The Balaban J connectivity index is 0.00000256. The third kappa shape index (κ3) is 6.31. The Hall–Kier alpha value is -1.87. The van der Waals surface area contributed by atoms with Gasteiger partial charge < -0.3 is 15.4 Å². The average Bonchev–Trinajstić information content (AvgIpc) is 3.23. The number of fused-ring (bicyclic) bond motifs is 1. The summed E-state index contributed by atoms with van der Waals surface area (Å²) in [4.78, 5) is 11.3. The predicted molar refractivity (Wildman–Crippen MR) is 132 cm³/mol. The second kappa shape index (κ2) is 11.5. The molecule has 2 N–H and O–H groups in total. The number of nitrogens with zero attached hydrogens (tertiary/aromatic N) is 3. The number of rotatable bonds is 6. The van der Waals surface area contributed by atoms with Crippen LogP contribution in [0.4, 0.5) is 0 Å². The Labute approximate surface area is 196 Å². The maximum Gasteiger partial charge on any atom is 0.191 e. The number of hydrogen-bond acceptors (Lipinski definition) is 4. The molecule has 7 heteroatoms. The molecule has 2 aliphatic rings. The quantitative estimate of drug-likeness (QED) is 0.348. The van der Waals surface area contributed by atoms with E-state index >= 15 is 0 Å². The Kier molecular flexibility index (Phi) is 8.74. The zero-order valence-electron chi connectivity index (χ0n) is 17.6.